The van der Waals surface area contributed by atoms with E-state index in [0.717, 1.165) is 19.3 Å². The standard InChI is InChI=1S/C12H20O3S/c1-3-5-6-11-12(13)10(9-16-11)15-8-7-14-4-2/h9,11H,3-8H2,1-2H3. The molecule has 0 saturated heterocycles. The number of hydrogen-bond donors (Lipinski definition) is 0. The van der Waals surface area contributed by atoms with E-state index in [-0.39, 0.29) is 11.0 Å². The Labute approximate surface area is 102 Å². The second-order valence-corrected chi connectivity index (χ2v) is 4.74. The fourth-order valence-electron chi connectivity index (χ4n) is 1.47. The SMILES string of the molecule is CCCCC1SC=C(OCCOCC)C1=O. The first-order chi connectivity index (χ1) is 7.79. The smallest absolute Gasteiger partial charge is 0.211 e. The molecule has 0 amide bonds. The first kappa shape index (κ1) is 13.6. The molecule has 0 radical (unpaired) electrons. The molecule has 1 unspecified atom stereocenters. The molecule has 0 aliphatic carbocycles. The summed E-state index contributed by atoms with van der Waals surface area (Å²) in [6.07, 6.45) is 3.18. The van der Waals surface area contributed by atoms with E-state index in [9.17, 15) is 4.79 Å². The van der Waals surface area contributed by atoms with Crippen LogP contribution in [0.5, 0.6) is 0 Å². The molecule has 0 fully saturated rings. The second-order valence-electron chi connectivity index (χ2n) is 3.66. The molecule has 3 nitrogen and oxygen atoms in total. The van der Waals surface area contributed by atoms with Crippen molar-refractivity contribution in [3.63, 3.8) is 0 Å². The van der Waals surface area contributed by atoms with Gasteiger partial charge in [-0.3, -0.25) is 4.79 Å². The summed E-state index contributed by atoms with van der Waals surface area (Å²) in [7, 11) is 0. The summed E-state index contributed by atoms with van der Waals surface area (Å²) in [6.45, 7) is 5.77. The molecule has 0 spiro atoms. The van der Waals surface area contributed by atoms with Crippen LogP contribution in [0.3, 0.4) is 0 Å². The van der Waals surface area contributed by atoms with Crippen LogP contribution in [0.2, 0.25) is 0 Å². The van der Waals surface area contributed by atoms with Crippen LogP contribution in [0.15, 0.2) is 11.2 Å². The van der Waals surface area contributed by atoms with Gasteiger partial charge in [0.05, 0.1) is 11.9 Å². The van der Waals surface area contributed by atoms with Crippen LogP contribution in [0.25, 0.3) is 0 Å². The minimum Gasteiger partial charge on any atom is -0.487 e. The van der Waals surface area contributed by atoms with Crippen molar-refractivity contribution in [2.75, 3.05) is 19.8 Å². The fourth-order valence-corrected chi connectivity index (χ4v) is 2.49. The van der Waals surface area contributed by atoms with Crippen LogP contribution in [0, 0.1) is 0 Å². The number of ether oxygens (including phenoxy) is 2. The highest BCUT2D eigenvalue weighted by Gasteiger charge is 2.28. The fraction of sp³-hybridized carbons (Fsp3) is 0.750. The third-order valence-electron chi connectivity index (χ3n) is 2.38. The topological polar surface area (TPSA) is 35.5 Å². The van der Waals surface area contributed by atoms with Gasteiger partial charge in [-0.2, -0.15) is 0 Å². The van der Waals surface area contributed by atoms with E-state index in [0.29, 0.717) is 25.6 Å². The molecule has 0 N–H and O–H groups in total. The summed E-state index contributed by atoms with van der Waals surface area (Å²) in [4.78, 5) is 11.8. The molecule has 0 bridgehead atoms. The lowest BCUT2D eigenvalue weighted by atomic mass is 10.1. The van der Waals surface area contributed by atoms with Crippen molar-refractivity contribution in [1.82, 2.24) is 0 Å². The Kier molecular flexibility index (Phi) is 6.57. The van der Waals surface area contributed by atoms with Gasteiger partial charge in [0.2, 0.25) is 5.78 Å². The van der Waals surface area contributed by atoms with Gasteiger partial charge in [0.15, 0.2) is 5.76 Å². The first-order valence-corrected chi connectivity index (χ1v) is 6.84. The van der Waals surface area contributed by atoms with Crippen molar-refractivity contribution >= 4 is 17.5 Å². The summed E-state index contributed by atoms with van der Waals surface area (Å²) in [6, 6.07) is 0. The predicted octanol–water partition coefficient (Wildman–Crippen LogP) is 2.76. The Morgan fingerprint density at radius 3 is 2.88 bits per heavy atom. The van der Waals surface area contributed by atoms with E-state index >= 15 is 0 Å². The molecule has 16 heavy (non-hydrogen) atoms. The lowest BCUT2D eigenvalue weighted by molar-refractivity contribution is -0.118. The quantitative estimate of drug-likeness (QED) is 0.615. The predicted molar refractivity (Wildman–Crippen MR) is 66.4 cm³/mol. The van der Waals surface area contributed by atoms with Crippen molar-refractivity contribution in [1.29, 1.82) is 0 Å². The molecular formula is C12H20O3S. The second kappa shape index (κ2) is 7.74. The van der Waals surface area contributed by atoms with Gasteiger partial charge in [-0.15, -0.1) is 11.8 Å². The minimum absolute atomic E-state index is 0.0852. The monoisotopic (exact) mass is 244 g/mol. The maximum Gasteiger partial charge on any atom is 0.211 e. The van der Waals surface area contributed by atoms with E-state index < -0.39 is 0 Å². The highest BCUT2D eigenvalue weighted by atomic mass is 32.2. The van der Waals surface area contributed by atoms with Crippen molar-refractivity contribution in [2.45, 2.75) is 38.4 Å². The van der Waals surface area contributed by atoms with Crippen LogP contribution >= 0.6 is 11.8 Å². The van der Waals surface area contributed by atoms with Gasteiger partial charge in [0.25, 0.3) is 0 Å². The normalized spacial score (nSPS) is 20.0. The molecule has 1 heterocycles. The number of rotatable bonds is 8. The van der Waals surface area contributed by atoms with Crippen LogP contribution in [-0.2, 0) is 14.3 Å². The van der Waals surface area contributed by atoms with E-state index in [2.05, 4.69) is 6.92 Å². The summed E-state index contributed by atoms with van der Waals surface area (Å²) in [5.41, 5.74) is 0. The number of carbonyl (C=O) groups is 1. The Morgan fingerprint density at radius 1 is 1.38 bits per heavy atom. The van der Waals surface area contributed by atoms with Crippen molar-refractivity contribution in [3.05, 3.63) is 11.2 Å². The molecule has 1 atom stereocenters. The molecule has 92 valence electrons. The Bertz CT molecular complexity index is 251. The maximum atomic E-state index is 11.8. The Hall–Kier alpha value is -0.480. The molecule has 0 aromatic carbocycles. The van der Waals surface area contributed by atoms with E-state index in [1.54, 1.807) is 11.8 Å². The first-order valence-electron chi connectivity index (χ1n) is 5.90. The number of unbranched alkanes of at least 4 members (excludes halogenated alkanes) is 1. The highest BCUT2D eigenvalue weighted by molar-refractivity contribution is 8.04. The van der Waals surface area contributed by atoms with Crippen molar-refractivity contribution in [3.8, 4) is 0 Å². The largest absolute Gasteiger partial charge is 0.487 e. The summed E-state index contributed by atoms with van der Waals surface area (Å²) in [5.74, 6) is 0.667. The zero-order valence-electron chi connectivity index (χ0n) is 10.0. The van der Waals surface area contributed by atoms with Crippen LogP contribution in [0.1, 0.15) is 33.1 Å². The Balaban J connectivity index is 2.21. The minimum atomic E-state index is 0.0852. The van der Waals surface area contributed by atoms with Crippen molar-refractivity contribution < 1.29 is 14.3 Å². The summed E-state index contributed by atoms with van der Waals surface area (Å²) < 4.78 is 10.5. The van der Waals surface area contributed by atoms with Crippen LogP contribution < -0.4 is 0 Å². The molecule has 0 aromatic heterocycles. The molecule has 1 rings (SSSR count). The number of Topliss-reactive ketones (excluding diaryl/α,β-unsaturated/α-hetero) is 1. The van der Waals surface area contributed by atoms with Gasteiger partial charge in [-0.25, -0.2) is 0 Å². The van der Waals surface area contributed by atoms with Gasteiger partial charge in [0.1, 0.15) is 6.61 Å². The van der Waals surface area contributed by atoms with E-state index in [1.807, 2.05) is 12.3 Å². The number of hydrogen-bond acceptors (Lipinski definition) is 4. The third kappa shape index (κ3) is 4.18. The molecule has 1 aliphatic rings. The maximum absolute atomic E-state index is 11.8. The van der Waals surface area contributed by atoms with Gasteiger partial charge < -0.3 is 9.47 Å². The highest BCUT2D eigenvalue weighted by Crippen LogP contribution is 2.30. The zero-order chi connectivity index (χ0) is 11.8. The molecule has 4 heteroatoms. The van der Waals surface area contributed by atoms with Gasteiger partial charge in [0, 0.05) is 12.0 Å². The van der Waals surface area contributed by atoms with Crippen LogP contribution in [0.4, 0.5) is 0 Å². The number of thioether (sulfide) groups is 1. The lowest BCUT2D eigenvalue weighted by Gasteiger charge is -2.08. The zero-order valence-corrected chi connectivity index (χ0v) is 10.8. The summed E-state index contributed by atoms with van der Waals surface area (Å²) >= 11 is 1.58. The molecule has 0 aromatic rings. The lowest BCUT2D eigenvalue weighted by Crippen LogP contribution is -2.16. The number of allylic oxidation sites excluding steroid dienone is 1. The van der Waals surface area contributed by atoms with Crippen molar-refractivity contribution in [2.24, 2.45) is 0 Å². The van der Waals surface area contributed by atoms with E-state index in [1.165, 1.54) is 0 Å². The number of carbonyl (C=O) groups excluding carboxylic acids is 1. The Morgan fingerprint density at radius 2 is 2.19 bits per heavy atom. The third-order valence-corrected chi connectivity index (χ3v) is 3.51. The molecule has 1 aliphatic heterocycles. The average molecular weight is 244 g/mol. The van der Waals surface area contributed by atoms with Gasteiger partial charge in [-0.05, 0) is 13.3 Å². The van der Waals surface area contributed by atoms with Gasteiger partial charge in [-0.1, -0.05) is 19.8 Å². The van der Waals surface area contributed by atoms with E-state index in [4.69, 9.17) is 9.47 Å². The summed E-state index contributed by atoms with van der Waals surface area (Å²) in [5, 5.41) is 1.93. The number of ketones is 1. The molecular weight excluding hydrogens is 224 g/mol. The van der Waals surface area contributed by atoms with Crippen LogP contribution in [-0.4, -0.2) is 30.9 Å². The average Bonchev–Trinajstić information content (AvgIpc) is 2.64. The molecule has 0 saturated carbocycles. The van der Waals surface area contributed by atoms with Gasteiger partial charge >= 0.3 is 0 Å².